The predicted octanol–water partition coefficient (Wildman–Crippen LogP) is 4.21. The molecule has 0 aliphatic heterocycles. The van der Waals surface area contributed by atoms with Crippen molar-refractivity contribution in [3.8, 4) is 16.9 Å². The molecule has 0 atom stereocenters. The SMILES string of the molecule is Cc1ccc(C)c(-c2cc(C3CC3)nn2-c2ccc(C(=O)CO)cc2)c1. The van der Waals surface area contributed by atoms with E-state index < -0.39 is 6.61 Å². The van der Waals surface area contributed by atoms with Crippen LogP contribution in [0.2, 0.25) is 0 Å². The third kappa shape index (κ3) is 3.08. The van der Waals surface area contributed by atoms with Gasteiger partial charge in [0.15, 0.2) is 5.78 Å². The van der Waals surface area contributed by atoms with Gasteiger partial charge >= 0.3 is 0 Å². The molecule has 4 heteroatoms. The number of carbonyl (C=O) groups is 1. The first-order valence-electron chi connectivity index (χ1n) is 8.99. The molecule has 0 bridgehead atoms. The molecule has 3 aromatic rings. The van der Waals surface area contributed by atoms with Gasteiger partial charge in [0.1, 0.15) is 6.61 Å². The monoisotopic (exact) mass is 346 g/mol. The Morgan fingerprint density at radius 2 is 1.85 bits per heavy atom. The lowest BCUT2D eigenvalue weighted by atomic mass is 10.0. The standard InChI is InChI=1S/C22H22N2O2/c1-14-3-4-15(2)19(11-14)21-12-20(16-5-6-16)23-24(21)18-9-7-17(8-10-18)22(26)13-25/h3-4,7-12,16,25H,5-6,13H2,1-2H3. The molecule has 1 aromatic heterocycles. The number of hydrogen-bond acceptors (Lipinski definition) is 3. The molecule has 26 heavy (non-hydrogen) atoms. The van der Waals surface area contributed by atoms with Gasteiger partial charge in [0.05, 0.1) is 17.1 Å². The van der Waals surface area contributed by atoms with Crippen LogP contribution in [0.25, 0.3) is 16.9 Å². The Morgan fingerprint density at radius 1 is 1.12 bits per heavy atom. The zero-order valence-electron chi connectivity index (χ0n) is 15.1. The van der Waals surface area contributed by atoms with Crippen LogP contribution in [-0.2, 0) is 0 Å². The summed E-state index contributed by atoms with van der Waals surface area (Å²) in [4.78, 5) is 11.7. The van der Waals surface area contributed by atoms with Gasteiger partial charge in [0.2, 0.25) is 0 Å². The second-order valence-corrected chi connectivity index (χ2v) is 7.09. The molecule has 1 N–H and O–H groups in total. The summed E-state index contributed by atoms with van der Waals surface area (Å²) < 4.78 is 1.97. The molecule has 2 aromatic carbocycles. The van der Waals surface area contributed by atoms with Gasteiger partial charge in [-0.2, -0.15) is 5.10 Å². The fraction of sp³-hybridized carbons (Fsp3) is 0.273. The number of rotatable bonds is 5. The van der Waals surface area contributed by atoms with Gasteiger partial charge in [-0.3, -0.25) is 4.79 Å². The molecule has 1 aliphatic carbocycles. The smallest absolute Gasteiger partial charge is 0.188 e. The second kappa shape index (κ2) is 6.54. The molecule has 1 aliphatic rings. The molecule has 0 unspecified atom stereocenters. The van der Waals surface area contributed by atoms with Crippen molar-refractivity contribution >= 4 is 5.78 Å². The Labute approximate surface area is 153 Å². The predicted molar refractivity (Wildman–Crippen MR) is 102 cm³/mol. The summed E-state index contributed by atoms with van der Waals surface area (Å²) in [6.45, 7) is 3.74. The van der Waals surface area contributed by atoms with Gasteiger partial charge in [-0.1, -0.05) is 17.7 Å². The lowest BCUT2D eigenvalue weighted by molar-refractivity contribution is 0.0904. The summed E-state index contributed by atoms with van der Waals surface area (Å²) in [7, 11) is 0. The van der Waals surface area contributed by atoms with Crippen LogP contribution in [0.1, 0.15) is 45.9 Å². The minimum Gasteiger partial charge on any atom is -0.388 e. The number of hydrogen-bond donors (Lipinski definition) is 1. The third-order valence-corrected chi connectivity index (χ3v) is 4.97. The minimum atomic E-state index is -0.472. The fourth-order valence-corrected chi connectivity index (χ4v) is 3.26. The van der Waals surface area contributed by atoms with E-state index in [4.69, 9.17) is 10.2 Å². The summed E-state index contributed by atoms with van der Waals surface area (Å²) in [6, 6.07) is 15.9. The van der Waals surface area contributed by atoms with E-state index >= 15 is 0 Å². The van der Waals surface area contributed by atoms with Crippen molar-refractivity contribution < 1.29 is 9.90 Å². The Morgan fingerprint density at radius 3 is 2.50 bits per heavy atom. The number of aromatic nitrogens is 2. The normalized spacial score (nSPS) is 13.8. The largest absolute Gasteiger partial charge is 0.388 e. The molecule has 0 radical (unpaired) electrons. The Hall–Kier alpha value is -2.72. The van der Waals surface area contributed by atoms with E-state index in [1.807, 2.05) is 16.8 Å². The molecule has 1 saturated carbocycles. The molecule has 4 nitrogen and oxygen atoms in total. The Bertz CT molecular complexity index is 966. The van der Waals surface area contributed by atoms with Crippen molar-refractivity contribution in [2.45, 2.75) is 32.6 Å². The van der Waals surface area contributed by atoms with Gasteiger partial charge in [0.25, 0.3) is 0 Å². The van der Waals surface area contributed by atoms with Gasteiger partial charge in [-0.05, 0) is 68.7 Å². The summed E-state index contributed by atoms with van der Waals surface area (Å²) in [5.41, 5.74) is 7.26. The first-order chi connectivity index (χ1) is 12.6. The fourth-order valence-electron chi connectivity index (χ4n) is 3.26. The van der Waals surface area contributed by atoms with Crippen LogP contribution in [0.15, 0.2) is 48.5 Å². The van der Waals surface area contributed by atoms with Crippen LogP contribution in [0.3, 0.4) is 0 Å². The van der Waals surface area contributed by atoms with Gasteiger partial charge in [-0.15, -0.1) is 0 Å². The number of aliphatic hydroxyl groups is 1. The molecule has 1 fully saturated rings. The maximum atomic E-state index is 11.7. The van der Waals surface area contributed by atoms with Crippen LogP contribution in [0.4, 0.5) is 0 Å². The summed E-state index contributed by atoms with van der Waals surface area (Å²) in [5, 5.41) is 13.9. The average molecular weight is 346 g/mol. The summed E-state index contributed by atoms with van der Waals surface area (Å²) in [5.74, 6) is 0.292. The van der Waals surface area contributed by atoms with Crippen LogP contribution >= 0.6 is 0 Å². The highest BCUT2D eigenvalue weighted by Crippen LogP contribution is 2.41. The zero-order valence-corrected chi connectivity index (χ0v) is 15.1. The van der Waals surface area contributed by atoms with Crippen LogP contribution in [0.5, 0.6) is 0 Å². The number of nitrogens with zero attached hydrogens (tertiary/aromatic N) is 2. The van der Waals surface area contributed by atoms with E-state index in [2.05, 4.69) is 38.1 Å². The summed E-state index contributed by atoms with van der Waals surface area (Å²) >= 11 is 0. The van der Waals surface area contributed by atoms with Crippen molar-refractivity contribution in [1.82, 2.24) is 9.78 Å². The quantitative estimate of drug-likeness (QED) is 0.704. The number of Topliss-reactive ketones (excluding diaryl/α,β-unsaturated/α-hetero) is 1. The molecule has 4 rings (SSSR count). The third-order valence-electron chi connectivity index (χ3n) is 4.97. The Kier molecular flexibility index (Phi) is 4.21. The number of ketones is 1. The molecule has 0 saturated heterocycles. The number of carbonyl (C=O) groups excluding carboxylic acids is 1. The van der Waals surface area contributed by atoms with E-state index in [-0.39, 0.29) is 5.78 Å². The first-order valence-corrected chi connectivity index (χ1v) is 8.99. The van der Waals surface area contributed by atoms with Gasteiger partial charge < -0.3 is 5.11 Å². The molecular formula is C22H22N2O2. The van der Waals surface area contributed by atoms with E-state index in [1.165, 1.54) is 29.5 Å². The topological polar surface area (TPSA) is 55.1 Å². The van der Waals surface area contributed by atoms with Gasteiger partial charge in [-0.25, -0.2) is 4.68 Å². The number of benzene rings is 2. The van der Waals surface area contributed by atoms with Crippen molar-refractivity contribution in [3.63, 3.8) is 0 Å². The van der Waals surface area contributed by atoms with E-state index in [1.54, 1.807) is 12.1 Å². The molecule has 132 valence electrons. The highest BCUT2D eigenvalue weighted by Gasteiger charge is 2.28. The zero-order chi connectivity index (χ0) is 18.3. The van der Waals surface area contributed by atoms with Crippen molar-refractivity contribution in [3.05, 3.63) is 70.9 Å². The van der Waals surface area contributed by atoms with Crippen molar-refractivity contribution in [2.24, 2.45) is 0 Å². The first kappa shape index (κ1) is 16.7. The van der Waals surface area contributed by atoms with E-state index in [0.717, 1.165) is 17.1 Å². The van der Waals surface area contributed by atoms with E-state index in [0.29, 0.717) is 11.5 Å². The molecule has 0 spiro atoms. The molecular weight excluding hydrogens is 324 g/mol. The van der Waals surface area contributed by atoms with Crippen molar-refractivity contribution in [1.29, 1.82) is 0 Å². The molecule has 0 amide bonds. The minimum absolute atomic E-state index is 0.273. The van der Waals surface area contributed by atoms with Crippen LogP contribution in [0, 0.1) is 13.8 Å². The highest BCUT2D eigenvalue weighted by atomic mass is 16.3. The van der Waals surface area contributed by atoms with E-state index in [9.17, 15) is 4.79 Å². The van der Waals surface area contributed by atoms with Crippen LogP contribution in [-0.4, -0.2) is 27.3 Å². The lowest BCUT2D eigenvalue weighted by Gasteiger charge is -2.11. The second-order valence-electron chi connectivity index (χ2n) is 7.09. The maximum Gasteiger partial charge on any atom is 0.188 e. The molecule has 1 heterocycles. The van der Waals surface area contributed by atoms with Gasteiger partial charge in [0, 0.05) is 17.0 Å². The number of aryl methyl sites for hydroxylation is 2. The summed E-state index contributed by atoms with van der Waals surface area (Å²) in [6.07, 6.45) is 2.40. The van der Waals surface area contributed by atoms with Crippen LogP contribution < -0.4 is 0 Å². The van der Waals surface area contributed by atoms with Crippen molar-refractivity contribution in [2.75, 3.05) is 6.61 Å². The highest BCUT2D eigenvalue weighted by molar-refractivity contribution is 5.97. The lowest BCUT2D eigenvalue weighted by Crippen LogP contribution is -2.05. The Balaban J connectivity index is 1.82. The number of aliphatic hydroxyl groups excluding tert-OH is 1. The maximum absolute atomic E-state index is 11.7. The average Bonchev–Trinajstić information content (AvgIpc) is 3.42.